The second-order valence-corrected chi connectivity index (χ2v) is 17.8. The van der Waals surface area contributed by atoms with Gasteiger partial charge in [0.05, 0.1) is 34.4 Å². The monoisotopic (exact) mass is 906 g/mol. The van der Waals surface area contributed by atoms with E-state index < -0.39 is 57.0 Å². The maximum atomic E-state index is 13.6. The molecule has 64 heavy (non-hydrogen) atoms. The maximum absolute atomic E-state index is 13.6. The van der Waals surface area contributed by atoms with Crippen LogP contribution in [-0.2, 0) is 48.7 Å². The summed E-state index contributed by atoms with van der Waals surface area (Å²) >= 11 is 0. The summed E-state index contributed by atoms with van der Waals surface area (Å²) in [4.78, 5) is 46.6. The first kappa shape index (κ1) is 47.7. The van der Waals surface area contributed by atoms with Crippen LogP contribution in [0.25, 0.3) is 33.7 Å². The number of carboxylic acids is 2. The molecule has 0 heterocycles. The molecule has 0 saturated carbocycles. The molecule has 2 N–H and O–H groups in total. The number of esters is 2. The van der Waals surface area contributed by atoms with Crippen LogP contribution in [0.3, 0.4) is 0 Å². The smallest absolute Gasteiger partial charge is 0.330 e. The molecule has 0 aliphatic heterocycles. The molecule has 0 aromatic heterocycles. The Morgan fingerprint density at radius 3 is 1.34 bits per heavy atom. The van der Waals surface area contributed by atoms with Crippen LogP contribution in [0, 0.1) is 13.8 Å². The zero-order valence-corrected chi connectivity index (χ0v) is 37.0. The minimum absolute atomic E-state index is 0.0201. The molecule has 0 aliphatic rings. The van der Waals surface area contributed by atoms with Gasteiger partial charge in [-0.05, 0) is 98.1 Å². The van der Waals surface area contributed by atoms with Crippen LogP contribution in [0.1, 0.15) is 36.1 Å². The summed E-state index contributed by atoms with van der Waals surface area (Å²) in [5, 5.41) is 20.7. The third kappa shape index (κ3) is 11.6. The van der Waals surface area contributed by atoms with E-state index in [1.807, 2.05) is 26.0 Å². The van der Waals surface area contributed by atoms with E-state index in [0.29, 0.717) is 38.4 Å². The van der Waals surface area contributed by atoms with Crippen molar-refractivity contribution < 1.29 is 55.7 Å². The number of ether oxygens (including phenoxy) is 2. The van der Waals surface area contributed by atoms with Crippen LogP contribution in [0.4, 0.5) is 11.4 Å². The highest BCUT2D eigenvalue weighted by Crippen LogP contribution is 2.35. The van der Waals surface area contributed by atoms with Crippen LogP contribution in [0.2, 0.25) is 0 Å². The first-order valence-corrected chi connectivity index (χ1v) is 22.7. The quantitative estimate of drug-likeness (QED) is 0.0701. The topological polar surface area (TPSA) is 202 Å². The molecule has 0 radical (unpaired) electrons. The molecule has 332 valence electrons. The predicted molar refractivity (Wildman–Crippen MR) is 246 cm³/mol. The number of carbonyl (C=O) groups excluding carboxylic acids is 2. The summed E-state index contributed by atoms with van der Waals surface area (Å²) in [6, 6.07) is 33.0. The normalized spacial score (nSPS) is 11.6. The van der Waals surface area contributed by atoms with Crippen LogP contribution in [0.5, 0.6) is 0 Å². The van der Waals surface area contributed by atoms with Crippen molar-refractivity contribution in [3.63, 3.8) is 0 Å². The lowest BCUT2D eigenvalue weighted by Crippen LogP contribution is -2.36. The van der Waals surface area contributed by atoms with E-state index in [4.69, 9.17) is 14.6 Å². The Bertz CT molecular complexity index is 2960. The maximum Gasteiger partial charge on any atom is 0.330 e. The van der Waals surface area contributed by atoms with Crippen LogP contribution in [-0.4, -0.2) is 77.2 Å². The number of carbonyl (C=O) groups is 4. The number of carboxylic acid groups (broad SMARTS) is 2. The summed E-state index contributed by atoms with van der Waals surface area (Å²) in [6.45, 7) is 6.24. The number of aliphatic carboxylic acids is 2. The largest absolute Gasteiger partial charge is 0.480 e. The Hall–Kier alpha value is -7.30. The fraction of sp³-hybridized carbons (Fsp3) is 0.167. The molecule has 0 unspecified atom stereocenters. The second-order valence-electron chi connectivity index (χ2n) is 14.0. The van der Waals surface area contributed by atoms with E-state index >= 15 is 0 Å². The number of nitrogens with zero attached hydrogens (tertiary/aromatic N) is 2. The number of sulfonamides is 2. The Kier molecular flexibility index (Phi) is 15.8. The first-order valence-electron chi connectivity index (χ1n) is 19.8. The Balaban J connectivity index is 0.000000243. The lowest BCUT2D eigenvalue weighted by molar-refractivity contribution is -0.141. The van der Waals surface area contributed by atoms with Crippen LogP contribution < -0.4 is 8.61 Å². The van der Waals surface area contributed by atoms with Gasteiger partial charge in [-0.15, -0.1) is 0 Å². The lowest BCUT2D eigenvalue weighted by Gasteiger charge is -2.25. The third-order valence-corrected chi connectivity index (χ3v) is 13.1. The zero-order chi connectivity index (χ0) is 46.6. The summed E-state index contributed by atoms with van der Waals surface area (Å²) in [5.41, 5.74) is 3.59. The van der Waals surface area contributed by atoms with E-state index in [9.17, 15) is 41.1 Å². The fourth-order valence-corrected chi connectivity index (χ4v) is 9.43. The molecule has 0 saturated heterocycles. The molecule has 0 bridgehead atoms. The first-order chi connectivity index (χ1) is 30.5. The highest BCUT2D eigenvalue weighted by Gasteiger charge is 2.30. The van der Waals surface area contributed by atoms with Gasteiger partial charge in [0.15, 0.2) is 0 Å². The number of anilines is 2. The van der Waals surface area contributed by atoms with Crippen molar-refractivity contribution in [1.82, 2.24) is 0 Å². The number of hydrogen-bond acceptors (Lipinski definition) is 10. The van der Waals surface area contributed by atoms with Crippen molar-refractivity contribution in [3.8, 4) is 0 Å². The van der Waals surface area contributed by atoms with E-state index in [0.717, 1.165) is 25.8 Å². The highest BCUT2D eigenvalue weighted by atomic mass is 32.2. The van der Waals surface area contributed by atoms with Gasteiger partial charge in [0.1, 0.15) is 13.1 Å². The van der Waals surface area contributed by atoms with Crippen molar-refractivity contribution in [2.24, 2.45) is 0 Å². The van der Waals surface area contributed by atoms with Gasteiger partial charge in [-0.1, -0.05) is 96.1 Å². The van der Waals surface area contributed by atoms with Gasteiger partial charge in [-0.25, -0.2) is 26.4 Å². The third-order valence-electron chi connectivity index (χ3n) is 9.57. The summed E-state index contributed by atoms with van der Waals surface area (Å²) in [7, 11) is -8.24. The number of benzene rings is 6. The van der Waals surface area contributed by atoms with Crippen LogP contribution >= 0.6 is 0 Å². The molecule has 6 rings (SSSR count). The molecule has 0 aliphatic carbocycles. The fourth-order valence-electron chi connectivity index (χ4n) is 6.57. The van der Waals surface area contributed by atoms with Gasteiger partial charge < -0.3 is 19.7 Å². The number of rotatable bonds is 16. The molecule has 6 aromatic rings. The van der Waals surface area contributed by atoms with Gasteiger partial charge >= 0.3 is 23.9 Å². The number of hydrogen-bond donors (Lipinski definition) is 2. The molecule has 0 atom stereocenters. The average molecular weight is 907 g/mol. The summed E-state index contributed by atoms with van der Waals surface area (Å²) in [6.07, 6.45) is 5.34. The second kappa shape index (κ2) is 21.2. The molecule has 0 amide bonds. The van der Waals surface area contributed by atoms with Gasteiger partial charge in [-0.2, -0.15) is 0 Å². The van der Waals surface area contributed by atoms with Crippen molar-refractivity contribution in [3.05, 3.63) is 156 Å². The average Bonchev–Trinajstić information content (AvgIpc) is 3.26. The molecular formula is C48H46N2O12S2. The minimum Gasteiger partial charge on any atom is -0.480 e. The van der Waals surface area contributed by atoms with Crippen molar-refractivity contribution >= 4 is 89.0 Å². The highest BCUT2D eigenvalue weighted by molar-refractivity contribution is 7.93. The Morgan fingerprint density at radius 1 is 0.531 bits per heavy atom. The lowest BCUT2D eigenvalue weighted by atomic mass is 10.0. The van der Waals surface area contributed by atoms with E-state index in [1.54, 1.807) is 98.8 Å². The molecular weight excluding hydrogens is 861 g/mol. The zero-order valence-electron chi connectivity index (χ0n) is 35.4. The molecule has 16 heteroatoms. The number of aryl methyl sites for hydroxylation is 2. The summed E-state index contributed by atoms with van der Waals surface area (Å²) in [5.74, 6) is -3.54. The minimum atomic E-state index is -4.16. The van der Waals surface area contributed by atoms with Crippen molar-refractivity contribution in [2.45, 2.75) is 37.5 Å². The van der Waals surface area contributed by atoms with Gasteiger partial charge in [-0.3, -0.25) is 18.2 Å². The predicted octanol–water partition coefficient (Wildman–Crippen LogP) is 8.01. The molecule has 0 fully saturated rings. The van der Waals surface area contributed by atoms with Crippen molar-refractivity contribution in [2.75, 3.05) is 34.9 Å². The van der Waals surface area contributed by atoms with Gasteiger partial charge in [0.25, 0.3) is 20.0 Å². The SMILES string of the molecule is CCOC(=O)/C=C/c1ccc(N(CC(=O)OCC)S(=O)(=O)c2ccc(C)cc2)c2ccccc12.Cc1ccc(S(=O)(=O)N(CC(=O)O)c2ccc(/C=C/C(=O)O)c3ccccc23)cc1. The van der Waals surface area contributed by atoms with E-state index in [2.05, 4.69) is 0 Å². The van der Waals surface area contributed by atoms with Gasteiger partial charge in [0.2, 0.25) is 0 Å². The molecule has 6 aromatic carbocycles. The standard InChI is InChI=1S/C26H27NO6S.C22H19NO6S/c1-4-32-25(28)17-13-20-12-16-24(23-9-7-6-8-22(20)23)27(18-26(29)33-5-2)34(30,31)21-14-10-19(3)11-15-21;1-15-6-10-17(11-7-15)30(28,29)23(14-22(26)27)20-12-8-16(9-13-21(24)25)18-4-2-3-5-19(18)20/h6-17H,4-5,18H2,1-3H3;2-13H,14H2,1H3,(H,24,25)(H,26,27)/b17-13+;13-9+. The molecule has 14 nitrogen and oxygen atoms in total. The Morgan fingerprint density at radius 2 is 0.938 bits per heavy atom. The number of fused-ring (bicyclic) bond motifs is 2. The Labute approximate surface area is 371 Å². The van der Waals surface area contributed by atoms with Gasteiger partial charge in [0, 0.05) is 22.9 Å². The summed E-state index contributed by atoms with van der Waals surface area (Å²) < 4.78 is 65.8. The van der Waals surface area contributed by atoms with E-state index in [-0.39, 0.29) is 28.7 Å². The van der Waals surface area contributed by atoms with Crippen molar-refractivity contribution in [1.29, 1.82) is 0 Å². The van der Waals surface area contributed by atoms with Crippen LogP contribution in [0.15, 0.2) is 143 Å². The van der Waals surface area contributed by atoms with E-state index in [1.165, 1.54) is 42.5 Å². The molecule has 0 spiro atoms.